The molecule has 10 nitrogen and oxygen atoms in total. The molecule has 2 aromatic carbocycles. The zero-order valence-electron chi connectivity index (χ0n) is 20.7. The Morgan fingerprint density at radius 2 is 1.87 bits per heavy atom. The molecule has 2 aliphatic heterocycles. The smallest absolute Gasteiger partial charge is 0.414 e. The molecule has 0 bridgehead atoms. The molecule has 0 radical (unpaired) electrons. The maximum Gasteiger partial charge on any atom is 0.414 e. The van der Waals surface area contributed by atoms with Crippen LogP contribution in [0.2, 0.25) is 0 Å². The lowest BCUT2D eigenvalue weighted by Crippen LogP contribution is -2.36. The molecule has 5 rings (SSSR count). The Bertz CT molecular complexity index is 1280. The fourth-order valence-electron chi connectivity index (χ4n) is 4.57. The van der Waals surface area contributed by atoms with Gasteiger partial charge in [-0.1, -0.05) is 42.1 Å². The Labute approximate surface area is 222 Å². The van der Waals surface area contributed by atoms with Gasteiger partial charge >= 0.3 is 6.09 Å². The molecule has 1 atom stereocenters. The molecular weight excluding hydrogens is 516 g/mol. The highest BCUT2D eigenvalue weighted by atomic mass is 32.2. The van der Waals surface area contributed by atoms with Crippen molar-refractivity contribution in [3.8, 4) is 0 Å². The van der Waals surface area contributed by atoms with E-state index in [2.05, 4.69) is 20.7 Å². The third-order valence-electron chi connectivity index (χ3n) is 6.49. The second kappa shape index (κ2) is 11.3. The highest BCUT2D eigenvalue weighted by Crippen LogP contribution is 2.34. The Hall–Kier alpha value is -3.74. The van der Waals surface area contributed by atoms with Crippen molar-refractivity contribution in [3.63, 3.8) is 0 Å². The van der Waals surface area contributed by atoms with Crippen LogP contribution >= 0.6 is 11.8 Å². The van der Waals surface area contributed by atoms with Crippen LogP contribution in [-0.2, 0) is 15.3 Å². The van der Waals surface area contributed by atoms with Gasteiger partial charge in [-0.3, -0.25) is 9.69 Å². The number of piperidine rings is 1. The Kier molecular flexibility index (Phi) is 7.72. The fraction of sp³-hybridized carbons (Fsp3) is 0.400. The number of ether oxygens (including phenoxy) is 1. The maximum absolute atomic E-state index is 15.1. The first-order chi connectivity index (χ1) is 18.4. The number of amides is 2. The quantitative estimate of drug-likeness (QED) is 0.430. The van der Waals surface area contributed by atoms with Crippen LogP contribution in [0.25, 0.3) is 0 Å². The third-order valence-corrected chi connectivity index (χ3v) is 7.39. The number of benzene rings is 2. The summed E-state index contributed by atoms with van der Waals surface area (Å²) in [5.41, 5.74) is 1.12. The van der Waals surface area contributed by atoms with E-state index in [9.17, 15) is 9.59 Å². The van der Waals surface area contributed by atoms with Gasteiger partial charge in [0.25, 0.3) is 0 Å². The maximum atomic E-state index is 15.1. The first kappa shape index (κ1) is 25.9. The van der Waals surface area contributed by atoms with E-state index in [4.69, 9.17) is 4.74 Å². The van der Waals surface area contributed by atoms with Crippen LogP contribution in [0.1, 0.15) is 31.4 Å². The van der Waals surface area contributed by atoms with Crippen LogP contribution in [0, 0.1) is 11.6 Å². The lowest BCUT2D eigenvalue weighted by molar-refractivity contribution is -0.119. The van der Waals surface area contributed by atoms with E-state index in [-0.39, 0.29) is 36.4 Å². The van der Waals surface area contributed by atoms with Gasteiger partial charge in [0.2, 0.25) is 11.1 Å². The molecule has 1 N–H and O–H groups in total. The summed E-state index contributed by atoms with van der Waals surface area (Å²) in [6.45, 7) is 2.39. The summed E-state index contributed by atoms with van der Waals surface area (Å²) in [7, 11) is 0. The Morgan fingerprint density at radius 1 is 1.16 bits per heavy atom. The minimum Gasteiger partial charge on any atom is -0.442 e. The molecule has 2 saturated heterocycles. The standard InChI is InChI=1S/C25H27F2N7O3S/c1-16(35)28-13-20-14-33(25(36)37-20)19-11-21(26)23(22(27)12-19)32-9-7-18(8-10-32)34-30-24(29-31-34)38-15-17-5-3-2-4-6-17/h2-6,11-12,18,20H,7-10,13-15H2,1H3,(H,28,35). The third kappa shape index (κ3) is 5.87. The molecule has 1 unspecified atom stereocenters. The largest absolute Gasteiger partial charge is 0.442 e. The Balaban J connectivity index is 1.18. The number of nitrogens with zero attached hydrogens (tertiary/aromatic N) is 6. The summed E-state index contributed by atoms with van der Waals surface area (Å²) in [4.78, 5) is 27.8. The second-order valence-corrected chi connectivity index (χ2v) is 10.1. The molecule has 0 aliphatic carbocycles. The molecule has 3 heterocycles. The van der Waals surface area contributed by atoms with E-state index in [1.165, 1.54) is 29.1 Å². The van der Waals surface area contributed by atoms with Crippen molar-refractivity contribution in [3.05, 3.63) is 59.7 Å². The number of thioether (sulfide) groups is 1. The number of halogens is 2. The van der Waals surface area contributed by atoms with Crippen molar-refractivity contribution < 1.29 is 23.1 Å². The monoisotopic (exact) mass is 543 g/mol. The summed E-state index contributed by atoms with van der Waals surface area (Å²) in [5.74, 6) is -1.03. The van der Waals surface area contributed by atoms with E-state index in [1.54, 1.807) is 9.70 Å². The van der Waals surface area contributed by atoms with Crippen molar-refractivity contribution in [1.29, 1.82) is 0 Å². The van der Waals surface area contributed by atoms with Gasteiger partial charge < -0.3 is 15.0 Å². The van der Waals surface area contributed by atoms with Crippen LogP contribution in [-0.4, -0.2) is 64.5 Å². The molecule has 3 aromatic rings. The summed E-state index contributed by atoms with van der Waals surface area (Å²) in [6.07, 6.45) is -0.111. The van der Waals surface area contributed by atoms with Gasteiger partial charge in [-0.25, -0.2) is 13.6 Å². The topological polar surface area (TPSA) is 105 Å². The fourth-order valence-corrected chi connectivity index (χ4v) is 5.30. The molecule has 13 heteroatoms. The van der Waals surface area contributed by atoms with E-state index >= 15 is 8.78 Å². The van der Waals surface area contributed by atoms with Gasteiger partial charge in [-0.15, -0.1) is 10.2 Å². The molecule has 2 aliphatic rings. The SMILES string of the molecule is CC(=O)NCC1CN(c2cc(F)c(N3CCC(n4nnc(SCc5ccccc5)n4)CC3)c(F)c2)C(=O)O1. The number of cyclic esters (lactones) is 1. The lowest BCUT2D eigenvalue weighted by atomic mass is 10.0. The van der Waals surface area contributed by atoms with E-state index in [0.29, 0.717) is 31.1 Å². The van der Waals surface area contributed by atoms with Crippen LogP contribution in [0.3, 0.4) is 0 Å². The zero-order valence-corrected chi connectivity index (χ0v) is 21.5. The van der Waals surface area contributed by atoms with E-state index in [1.807, 2.05) is 30.3 Å². The van der Waals surface area contributed by atoms with E-state index in [0.717, 1.165) is 17.9 Å². The summed E-state index contributed by atoms with van der Waals surface area (Å²) >= 11 is 1.51. The van der Waals surface area contributed by atoms with Crippen LogP contribution in [0.4, 0.5) is 25.0 Å². The number of aromatic nitrogens is 4. The molecule has 1 aromatic heterocycles. The number of hydrogen-bond acceptors (Lipinski definition) is 8. The number of hydrogen-bond donors (Lipinski definition) is 1. The van der Waals surface area contributed by atoms with Gasteiger partial charge in [0.15, 0.2) is 11.6 Å². The van der Waals surface area contributed by atoms with Gasteiger partial charge in [-0.2, -0.15) is 4.80 Å². The Morgan fingerprint density at radius 3 is 2.55 bits per heavy atom. The predicted octanol–water partition coefficient (Wildman–Crippen LogP) is 3.55. The number of carbonyl (C=O) groups excluding carboxylic acids is 2. The first-order valence-electron chi connectivity index (χ1n) is 12.3. The van der Waals surface area contributed by atoms with Crippen LogP contribution < -0.4 is 15.1 Å². The van der Waals surface area contributed by atoms with Gasteiger partial charge in [-0.05, 0) is 23.6 Å². The van der Waals surface area contributed by atoms with Crippen molar-refractivity contribution in [1.82, 2.24) is 25.5 Å². The normalized spacial score (nSPS) is 18.1. The summed E-state index contributed by atoms with van der Waals surface area (Å²) in [6, 6.07) is 12.3. The number of nitrogens with one attached hydrogen (secondary N) is 1. The van der Waals surface area contributed by atoms with Crippen molar-refractivity contribution in [2.24, 2.45) is 0 Å². The number of carbonyl (C=O) groups is 2. The molecule has 2 amide bonds. The minimum atomic E-state index is -0.755. The van der Waals surface area contributed by atoms with Gasteiger partial charge in [0, 0.05) is 37.9 Å². The van der Waals surface area contributed by atoms with Crippen LogP contribution in [0.5, 0.6) is 0 Å². The average Bonchev–Trinajstić information content (AvgIpc) is 3.53. The molecule has 2 fully saturated rings. The lowest BCUT2D eigenvalue weighted by Gasteiger charge is -2.33. The molecule has 0 saturated carbocycles. The number of rotatable bonds is 8. The first-order valence-corrected chi connectivity index (χ1v) is 13.3. The highest BCUT2D eigenvalue weighted by molar-refractivity contribution is 7.98. The predicted molar refractivity (Wildman–Crippen MR) is 137 cm³/mol. The molecular formula is C25H27F2N7O3S. The summed E-state index contributed by atoms with van der Waals surface area (Å²) < 4.78 is 35.4. The van der Waals surface area contributed by atoms with Crippen LogP contribution in [0.15, 0.2) is 47.6 Å². The van der Waals surface area contributed by atoms with Gasteiger partial charge in [0.1, 0.15) is 11.8 Å². The van der Waals surface area contributed by atoms with Crippen molar-refractivity contribution in [2.45, 2.75) is 42.8 Å². The average molecular weight is 544 g/mol. The van der Waals surface area contributed by atoms with Crippen molar-refractivity contribution in [2.75, 3.05) is 36.0 Å². The number of anilines is 2. The minimum absolute atomic E-state index is 0.0184. The van der Waals surface area contributed by atoms with Gasteiger partial charge in [0.05, 0.1) is 24.8 Å². The summed E-state index contributed by atoms with van der Waals surface area (Å²) in [5, 5.41) is 16.0. The molecule has 38 heavy (non-hydrogen) atoms. The molecule has 200 valence electrons. The second-order valence-electron chi connectivity index (χ2n) is 9.20. The highest BCUT2D eigenvalue weighted by Gasteiger charge is 2.34. The number of tetrazole rings is 1. The van der Waals surface area contributed by atoms with E-state index < -0.39 is 23.8 Å². The zero-order chi connectivity index (χ0) is 26.6. The van der Waals surface area contributed by atoms with Crippen molar-refractivity contribution >= 4 is 35.1 Å². The molecule has 0 spiro atoms.